The van der Waals surface area contributed by atoms with E-state index >= 15 is 0 Å². The highest BCUT2D eigenvalue weighted by Crippen LogP contribution is 2.37. The van der Waals surface area contributed by atoms with Gasteiger partial charge in [0.25, 0.3) is 5.89 Å². The number of rotatable bonds is 7. The molecule has 1 N–H and O–H groups in total. The second-order valence-corrected chi connectivity index (χ2v) is 7.78. The standard InChI is InChI=1S/C25H28N4O3/c1-5-15-29-16(3)21(22(26-25(29)30)18-11-13-20(31-4)14-12-18)24-27-23(28-32-24)19-9-7-17(6-2)8-10-19/h7-14,22H,5-6,15H2,1-4H3,(H,26,30). The second kappa shape index (κ2) is 9.26. The molecule has 0 bridgehead atoms. The highest BCUT2D eigenvalue weighted by molar-refractivity contribution is 5.86. The zero-order valence-corrected chi connectivity index (χ0v) is 18.9. The van der Waals surface area contributed by atoms with Gasteiger partial charge in [-0.25, -0.2) is 4.79 Å². The molecule has 0 saturated heterocycles. The van der Waals surface area contributed by atoms with Crippen LogP contribution in [-0.2, 0) is 6.42 Å². The summed E-state index contributed by atoms with van der Waals surface area (Å²) in [5.74, 6) is 1.68. The van der Waals surface area contributed by atoms with Crippen molar-refractivity contribution in [2.75, 3.05) is 13.7 Å². The largest absolute Gasteiger partial charge is 0.497 e. The third-order valence-corrected chi connectivity index (χ3v) is 5.77. The first-order valence-corrected chi connectivity index (χ1v) is 10.9. The van der Waals surface area contributed by atoms with Crippen molar-refractivity contribution in [3.05, 3.63) is 71.2 Å². The van der Waals surface area contributed by atoms with E-state index in [-0.39, 0.29) is 6.03 Å². The van der Waals surface area contributed by atoms with Crippen LogP contribution < -0.4 is 10.1 Å². The summed E-state index contributed by atoms with van der Waals surface area (Å²) in [6.45, 7) is 6.70. The number of aromatic nitrogens is 2. The summed E-state index contributed by atoms with van der Waals surface area (Å²) < 4.78 is 11.0. The van der Waals surface area contributed by atoms with Crippen molar-refractivity contribution >= 4 is 11.6 Å². The van der Waals surface area contributed by atoms with Gasteiger partial charge in [-0.05, 0) is 43.0 Å². The van der Waals surface area contributed by atoms with Crippen LogP contribution in [0.4, 0.5) is 4.79 Å². The van der Waals surface area contributed by atoms with Crippen LogP contribution in [0, 0.1) is 0 Å². The third-order valence-electron chi connectivity index (χ3n) is 5.77. The van der Waals surface area contributed by atoms with Gasteiger partial charge < -0.3 is 14.6 Å². The lowest BCUT2D eigenvalue weighted by Gasteiger charge is -2.35. The number of hydrogen-bond acceptors (Lipinski definition) is 5. The van der Waals surface area contributed by atoms with Crippen molar-refractivity contribution < 1.29 is 14.1 Å². The van der Waals surface area contributed by atoms with Gasteiger partial charge >= 0.3 is 6.03 Å². The molecule has 7 heteroatoms. The highest BCUT2D eigenvalue weighted by atomic mass is 16.5. The molecule has 0 spiro atoms. The Kier molecular flexibility index (Phi) is 6.25. The Morgan fingerprint density at radius 1 is 1.09 bits per heavy atom. The molecule has 3 aromatic rings. The van der Waals surface area contributed by atoms with E-state index in [0.29, 0.717) is 18.3 Å². The van der Waals surface area contributed by atoms with Crippen LogP contribution in [0.2, 0.25) is 0 Å². The molecular weight excluding hydrogens is 404 g/mol. The second-order valence-electron chi connectivity index (χ2n) is 7.78. The summed E-state index contributed by atoms with van der Waals surface area (Å²) in [5.41, 5.74) is 4.67. The number of amides is 2. The fourth-order valence-electron chi connectivity index (χ4n) is 3.94. The molecule has 1 atom stereocenters. The molecule has 0 aliphatic carbocycles. The van der Waals surface area contributed by atoms with E-state index in [9.17, 15) is 4.79 Å². The topological polar surface area (TPSA) is 80.5 Å². The van der Waals surface area contributed by atoms with Crippen molar-refractivity contribution in [1.29, 1.82) is 0 Å². The fourth-order valence-corrected chi connectivity index (χ4v) is 3.94. The smallest absolute Gasteiger partial charge is 0.322 e. The van der Waals surface area contributed by atoms with Gasteiger partial charge in [-0.1, -0.05) is 55.4 Å². The minimum absolute atomic E-state index is 0.135. The average Bonchev–Trinajstić information content (AvgIpc) is 3.31. The number of methoxy groups -OCH3 is 1. The zero-order chi connectivity index (χ0) is 22.7. The van der Waals surface area contributed by atoms with Crippen LogP contribution in [0.25, 0.3) is 17.0 Å². The molecule has 32 heavy (non-hydrogen) atoms. The van der Waals surface area contributed by atoms with Crippen LogP contribution in [0.5, 0.6) is 5.75 Å². The van der Waals surface area contributed by atoms with E-state index in [2.05, 4.69) is 29.5 Å². The number of ether oxygens (including phenoxy) is 1. The first-order valence-electron chi connectivity index (χ1n) is 10.9. The summed E-state index contributed by atoms with van der Waals surface area (Å²) >= 11 is 0. The molecule has 1 unspecified atom stereocenters. The fraction of sp³-hybridized carbons (Fsp3) is 0.320. The molecule has 166 valence electrons. The van der Waals surface area contributed by atoms with E-state index < -0.39 is 6.04 Å². The first kappa shape index (κ1) is 21.6. The van der Waals surface area contributed by atoms with E-state index in [1.165, 1.54) is 5.56 Å². The number of urea groups is 1. The van der Waals surface area contributed by atoms with E-state index in [1.54, 1.807) is 12.0 Å². The predicted molar refractivity (Wildman–Crippen MR) is 123 cm³/mol. The first-order chi connectivity index (χ1) is 15.5. The molecule has 0 saturated carbocycles. The molecule has 2 amide bonds. The van der Waals surface area contributed by atoms with Crippen LogP contribution in [0.3, 0.4) is 0 Å². The molecule has 1 aromatic heterocycles. The molecule has 1 aliphatic heterocycles. The normalized spacial score (nSPS) is 16.3. The number of nitrogens with zero attached hydrogens (tertiary/aromatic N) is 3. The lowest BCUT2D eigenvalue weighted by atomic mass is 9.94. The molecule has 1 aliphatic rings. The third kappa shape index (κ3) is 4.10. The van der Waals surface area contributed by atoms with Gasteiger partial charge in [0.05, 0.1) is 18.7 Å². The van der Waals surface area contributed by atoms with E-state index in [0.717, 1.165) is 41.0 Å². The Bertz CT molecular complexity index is 1120. The molecule has 2 heterocycles. The lowest BCUT2D eigenvalue weighted by Crippen LogP contribution is -2.46. The SMILES string of the molecule is CCCN1C(=O)NC(c2ccc(OC)cc2)C(c2nc(-c3ccc(CC)cc3)no2)=C1C. The van der Waals surface area contributed by atoms with Crippen molar-refractivity contribution in [1.82, 2.24) is 20.4 Å². The minimum Gasteiger partial charge on any atom is -0.497 e. The maximum absolute atomic E-state index is 12.9. The summed E-state index contributed by atoms with van der Waals surface area (Å²) in [4.78, 5) is 19.3. The molecule has 2 aromatic carbocycles. The number of aryl methyl sites for hydroxylation is 1. The van der Waals surface area contributed by atoms with Crippen LogP contribution in [-0.4, -0.2) is 34.7 Å². The summed E-state index contributed by atoms with van der Waals surface area (Å²) in [6, 6.07) is 15.2. The van der Waals surface area contributed by atoms with Gasteiger partial charge in [0.15, 0.2) is 0 Å². The average molecular weight is 433 g/mol. The Hall–Kier alpha value is -3.61. The number of allylic oxidation sites excluding steroid dienone is 1. The molecular formula is C25H28N4O3. The maximum Gasteiger partial charge on any atom is 0.322 e. The van der Waals surface area contributed by atoms with Gasteiger partial charge in [-0.3, -0.25) is 4.90 Å². The Morgan fingerprint density at radius 3 is 2.44 bits per heavy atom. The number of carbonyl (C=O) groups is 1. The van der Waals surface area contributed by atoms with E-state index in [1.807, 2.05) is 50.2 Å². The lowest BCUT2D eigenvalue weighted by molar-refractivity contribution is 0.205. The Morgan fingerprint density at radius 2 is 1.81 bits per heavy atom. The van der Waals surface area contributed by atoms with Crippen LogP contribution >= 0.6 is 0 Å². The maximum atomic E-state index is 12.9. The summed E-state index contributed by atoms with van der Waals surface area (Å²) in [5, 5.41) is 7.33. The number of hydrogen-bond donors (Lipinski definition) is 1. The van der Waals surface area contributed by atoms with Crippen molar-refractivity contribution in [3.8, 4) is 17.1 Å². The van der Waals surface area contributed by atoms with Crippen molar-refractivity contribution in [3.63, 3.8) is 0 Å². The Balaban J connectivity index is 1.77. The van der Waals surface area contributed by atoms with Crippen molar-refractivity contribution in [2.24, 2.45) is 0 Å². The predicted octanol–water partition coefficient (Wildman–Crippen LogP) is 5.22. The molecule has 7 nitrogen and oxygen atoms in total. The summed E-state index contributed by atoms with van der Waals surface area (Å²) in [6.07, 6.45) is 1.81. The van der Waals surface area contributed by atoms with Gasteiger partial charge in [0.2, 0.25) is 5.82 Å². The minimum atomic E-state index is -0.405. The van der Waals surface area contributed by atoms with E-state index in [4.69, 9.17) is 14.2 Å². The highest BCUT2D eigenvalue weighted by Gasteiger charge is 2.35. The van der Waals surface area contributed by atoms with Gasteiger partial charge in [-0.2, -0.15) is 4.98 Å². The number of nitrogens with one attached hydrogen (secondary N) is 1. The monoisotopic (exact) mass is 432 g/mol. The van der Waals surface area contributed by atoms with Crippen molar-refractivity contribution in [2.45, 2.75) is 39.7 Å². The summed E-state index contributed by atoms with van der Waals surface area (Å²) in [7, 11) is 1.63. The zero-order valence-electron chi connectivity index (χ0n) is 18.9. The van der Waals surface area contributed by atoms with Gasteiger partial charge in [0.1, 0.15) is 5.75 Å². The van der Waals surface area contributed by atoms with Crippen LogP contribution in [0.15, 0.2) is 58.8 Å². The van der Waals surface area contributed by atoms with Crippen LogP contribution in [0.1, 0.15) is 50.3 Å². The molecule has 0 radical (unpaired) electrons. The van der Waals surface area contributed by atoms with Gasteiger partial charge in [0, 0.05) is 17.8 Å². The Labute approximate surface area is 188 Å². The van der Waals surface area contributed by atoms with Gasteiger partial charge in [-0.15, -0.1) is 0 Å². The molecule has 4 rings (SSSR count). The quantitative estimate of drug-likeness (QED) is 0.554. The molecule has 0 fully saturated rings. The number of benzene rings is 2. The number of carbonyl (C=O) groups excluding carboxylic acids is 1.